The van der Waals surface area contributed by atoms with E-state index in [-0.39, 0.29) is 5.03 Å². The fourth-order valence-corrected chi connectivity index (χ4v) is 3.26. The number of aromatic nitrogens is 2. The van der Waals surface area contributed by atoms with E-state index >= 15 is 0 Å². The Morgan fingerprint density at radius 1 is 1.47 bits per heavy atom. The quantitative estimate of drug-likeness (QED) is 0.633. The van der Waals surface area contributed by atoms with Crippen molar-refractivity contribution in [3.63, 3.8) is 0 Å². The molecule has 0 amide bonds. The summed E-state index contributed by atoms with van der Waals surface area (Å²) >= 11 is 0. The Hall–Kier alpha value is -0.960. The van der Waals surface area contributed by atoms with E-state index < -0.39 is 10.0 Å². The third-order valence-corrected chi connectivity index (χ3v) is 4.68. The van der Waals surface area contributed by atoms with Crippen LogP contribution in [0.4, 0.5) is 0 Å². The van der Waals surface area contributed by atoms with Gasteiger partial charge in [0.05, 0.1) is 12.8 Å². The molecule has 0 atom stereocenters. The molecule has 1 aromatic heterocycles. The zero-order valence-corrected chi connectivity index (χ0v) is 12.5. The molecular weight excluding hydrogens is 268 g/mol. The Morgan fingerprint density at radius 3 is 2.79 bits per heavy atom. The molecule has 0 radical (unpaired) electrons. The monoisotopic (exact) mass is 290 g/mol. The van der Waals surface area contributed by atoms with Crippen LogP contribution in [0.5, 0.6) is 0 Å². The summed E-state index contributed by atoms with van der Waals surface area (Å²) in [5.41, 5.74) is 0.636. The van der Waals surface area contributed by atoms with E-state index in [0.717, 1.165) is 0 Å². The first-order chi connectivity index (χ1) is 9.07. The van der Waals surface area contributed by atoms with Crippen molar-refractivity contribution in [2.45, 2.75) is 25.4 Å². The van der Waals surface area contributed by atoms with Crippen LogP contribution in [-0.4, -0.2) is 56.3 Å². The zero-order valence-electron chi connectivity index (χ0n) is 11.6. The van der Waals surface area contributed by atoms with Crippen molar-refractivity contribution in [2.24, 2.45) is 0 Å². The molecule has 0 aliphatic rings. The van der Waals surface area contributed by atoms with Crippen molar-refractivity contribution in [3.05, 3.63) is 11.8 Å². The van der Waals surface area contributed by atoms with Gasteiger partial charge >= 0.3 is 0 Å². The SMILES string of the molecule is CCOCCN(CC)S(=O)(=O)c1[nH]ncc1CNC. The summed E-state index contributed by atoms with van der Waals surface area (Å²) in [5.74, 6) is 0. The molecule has 0 aliphatic heterocycles. The molecule has 0 saturated heterocycles. The van der Waals surface area contributed by atoms with Crippen molar-refractivity contribution in [1.82, 2.24) is 19.8 Å². The van der Waals surface area contributed by atoms with Gasteiger partial charge < -0.3 is 10.1 Å². The summed E-state index contributed by atoms with van der Waals surface area (Å²) in [6.07, 6.45) is 1.53. The first-order valence-corrected chi connectivity index (χ1v) is 7.76. The highest BCUT2D eigenvalue weighted by Gasteiger charge is 2.27. The van der Waals surface area contributed by atoms with Gasteiger partial charge in [-0.2, -0.15) is 9.40 Å². The molecule has 0 saturated carbocycles. The third-order valence-electron chi connectivity index (χ3n) is 2.69. The molecular formula is C11H22N4O3S. The summed E-state index contributed by atoms with van der Waals surface area (Å²) in [5, 5.41) is 9.47. The number of hydrogen-bond acceptors (Lipinski definition) is 5. The third kappa shape index (κ3) is 4.00. The number of nitrogens with one attached hydrogen (secondary N) is 2. The Morgan fingerprint density at radius 2 is 2.21 bits per heavy atom. The molecule has 0 aliphatic carbocycles. The number of aromatic amines is 1. The molecule has 0 spiro atoms. The van der Waals surface area contributed by atoms with E-state index in [1.54, 1.807) is 14.0 Å². The van der Waals surface area contributed by atoms with E-state index in [9.17, 15) is 8.42 Å². The maximum absolute atomic E-state index is 12.5. The van der Waals surface area contributed by atoms with Crippen LogP contribution in [0.2, 0.25) is 0 Å². The number of nitrogens with zero attached hydrogens (tertiary/aromatic N) is 2. The highest BCUT2D eigenvalue weighted by atomic mass is 32.2. The highest BCUT2D eigenvalue weighted by Crippen LogP contribution is 2.17. The van der Waals surface area contributed by atoms with Crippen LogP contribution >= 0.6 is 0 Å². The van der Waals surface area contributed by atoms with Gasteiger partial charge in [0.2, 0.25) is 0 Å². The highest BCUT2D eigenvalue weighted by molar-refractivity contribution is 7.89. The maximum Gasteiger partial charge on any atom is 0.260 e. The van der Waals surface area contributed by atoms with Gasteiger partial charge in [-0.1, -0.05) is 6.92 Å². The topological polar surface area (TPSA) is 87.3 Å². The van der Waals surface area contributed by atoms with E-state index in [1.807, 2.05) is 6.92 Å². The largest absolute Gasteiger partial charge is 0.380 e. The molecule has 0 bridgehead atoms. The lowest BCUT2D eigenvalue weighted by molar-refractivity contribution is 0.135. The summed E-state index contributed by atoms with van der Waals surface area (Å²) in [6.45, 7) is 5.83. The van der Waals surface area contributed by atoms with Crippen LogP contribution in [-0.2, 0) is 21.3 Å². The number of rotatable bonds is 9. The van der Waals surface area contributed by atoms with Crippen LogP contribution in [0.3, 0.4) is 0 Å². The van der Waals surface area contributed by atoms with Crippen molar-refractivity contribution in [2.75, 3.05) is 33.4 Å². The number of hydrogen-bond donors (Lipinski definition) is 2. The van der Waals surface area contributed by atoms with Gasteiger partial charge in [0.25, 0.3) is 10.0 Å². The van der Waals surface area contributed by atoms with E-state index in [4.69, 9.17) is 4.74 Å². The standard InChI is InChI=1S/C11H22N4O3S/c1-4-15(6-7-18-5-2)19(16,17)11-10(8-12-3)9-13-14-11/h9,12H,4-8H2,1-3H3,(H,13,14). The molecule has 0 fully saturated rings. The second-order valence-electron chi connectivity index (χ2n) is 3.95. The Bertz CT molecular complexity index is 472. The van der Waals surface area contributed by atoms with Crippen LogP contribution in [0.15, 0.2) is 11.2 Å². The summed E-state index contributed by atoms with van der Waals surface area (Å²) in [6, 6.07) is 0. The predicted octanol–water partition coefficient (Wildman–Crippen LogP) is 0.176. The maximum atomic E-state index is 12.5. The predicted molar refractivity (Wildman–Crippen MR) is 72.3 cm³/mol. The van der Waals surface area contributed by atoms with E-state index in [2.05, 4.69) is 15.5 Å². The Labute approximate surface area is 114 Å². The average molecular weight is 290 g/mol. The van der Waals surface area contributed by atoms with Crippen molar-refractivity contribution in [3.8, 4) is 0 Å². The normalized spacial score (nSPS) is 12.2. The Kier molecular flexibility index (Phi) is 6.43. The number of H-pyrrole nitrogens is 1. The van der Waals surface area contributed by atoms with Crippen LogP contribution < -0.4 is 5.32 Å². The van der Waals surface area contributed by atoms with Crippen molar-refractivity contribution < 1.29 is 13.2 Å². The zero-order chi connectivity index (χ0) is 14.3. The van der Waals surface area contributed by atoms with Gasteiger partial charge in [0.1, 0.15) is 0 Å². The van der Waals surface area contributed by atoms with Gasteiger partial charge in [0, 0.05) is 31.8 Å². The fraction of sp³-hybridized carbons (Fsp3) is 0.727. The molecule has 110 valence electrons. The second kappa shape index (κ2) is 7.59. The smallest absolute Gasteiger partial charge is 0.260 e. The molecule has 0 aromatic carbocycles. The van der Waals surface area contributed by atoms with Crippen LogP contribution in [0.1, 0.15) is 19.4 Å². The van der Waals surface area contributed by atoms with Crippen molar-refractivity contribution >= 4 is 10.0 Å². The molecule has 8 heteroatoms. The van der Waals surface area contributed by atoms with E-state index in [0.29, 0.717) is 38.4 Å². The number of likely N-dealkylation sites (N-methyl/N-ethyl adjacent to an activating group) is 1. The lowest BCUT2D eigenvalue weighted by Gasteiger charge is -2.20. The summed E-state index contributed by atoms with van der Waals surface area (Å²) < 4.78 is 31.6. The molecule has 1 aromatic rings. The van der Waals surface area contributed by atoms with Gasteiger partial charge in [-0.15, -0.1) is 0 Å². The molecule has 19 heavy (non-hydrogen) atoms. The molecule has 2 N–H and O–H groups in total. The second-order valence-corrected chi connectivity index (χ2v) is 5.82. The number of ether oxygens (including phenoxy) is 1. The minimum Gasteiger partial charge on any atom is -0.380 e. The molecule has 0 unspecified atom stereocenters. The first-order valence-electron chi connectivity index (χ1n) is 6.32. The minimum atomic E-state index is -3.55. The molecule has 7 nitrogen and oxygen atoms in total. The van der Waals surface area contributed by atoms with Crippen molar-refractivity contribution in [1.29, 1.82) is 0 Å². The molecule has 1 rings (SSSR count). The Balaban J connectivity index is 2.90. The average Bonchev–Trinajstić information content (AvgIpc) is 2.84. The van der Waals surface area contributed by atoms with Gasteiger partial charge in [-0.05, 0) is 14.0 Å². The van der Waals surface area contributed by atoms with Crippen LogP contribution in [0.25, 0.3) is 0 Å². The fourth-order valence-electron chi connectivity index (χ4n) is 1.73. The lowest BCUT2D eigenvalue weighted by Crippen LogP contribution is -2.34. The number of sulfonamides is 1. The first kappa shape index (κ1) is 16.1. The van der Waals surface area contributed by atoms with Gasteiger partial charge in [0.15, 0.2) is 5.03 Å². The van der Waals surface area contributed by atoms with Gasteiger partial charge in [-0.3, -0.25) is 5.10 Å². The summed E-state index contributed by atoms with van der Waals surface area (Å²) in [4.78, 5) is 0. The lowest BCUT2D eigenvalue weighted by atomic mass is 10.4. The summed E-state index contributed by atoms with van der Waals surface area (Å²) in [7, 11) is -1.79. The van der Waals surface area contributed by atoms with Crippen LogP contribution in [0, 0.1) is 0 Å². The molecule has 1 heterocycles. The van der Waals surface area contributed by atoms with E-state index in [1.165, 1.54) is 10.5 Å². The van der Waals surface area contributed by atoms with Gasteiger partial charge in [-0.25, -0.2) is 8.42 Å². The minimum absolute atomic E-state index is 0.153.